The lowest BCUT2D eigenvalue weighted by Gasteiger charge is -2.07. The Morgan fingerprint density at radius 3 is 2.47 bits per heavy atom. The fraction of sp³-hybridized carbons (Fsp3) is 0.0526. The van der Waals surface area contributed by atoms with Gasteiger partial charge in [0.05, 0.1) is 0 Å². The molecule has 0 spiro atoms. The van der Waals surface area contributed by atoms with Gasteiger partial charge in [-0.05, 0) is 55.9 Å². The summed E-state index contributed by atoms with van der Waals surface area (Å²) in [6.07, 6.45) is 1.09. The van der Waals surface area contributed by atoms with Gasteiger partial charge in [-0.25, -0.2) is 0 Å². The molecule has 0 nitrogen and oxygen atoms in total. The van der Waals surface area contributed by atoms with Crippen LogP contribution < -0.4 is 0 Å². The van der Waals surface area contributed by atoms with Crippen molar-refractivity contribution in [1.82, 2.24) is 0 Å². The van der Waals surface area contributed by atoms with E-state index in [9.17, 15) is 0 Å². The lowest BCUT2D eigenvalue weighted by atomic mass is 9.96. The van der Waals surface area contributed by atoms with Gasteiger partial charge in [-0.15, -0.1) is 0 Å². The fourth-order valence-electron chi connectivity index (χ4n) is 3.61. The highest BCUT2D eigenvalue weighted by molar-refractivity contribution is 6.20. The Morgan fingerprint density at radius 2 is 1.47 bits per heavy atom. The first kappa shape index (κ1) is 9.57. The van der Waals surface area contributed by atoms with Gasteiger partial charge in [0.25, 0.3) is 0 Å². The van der Waals surface area contributed by atoms with Crippen molar-refractivity contribution in [1.29, 1.82) is 0 Å². The van der Waals surface area contributed by atoms with Crippen LogP contribution in [0.25, 0.3) is 32.3 Å². The normalized spacial score (nSPS) is 13.1. The Morgan fingerprint density at radius 1 is 0.579 bits per heavy atom. The number of rotatable bonds is 0. The van der Waals surface area contributed by atoms with Crippen LogP contribution in [-0.2, 0) is 6.42 Å². The number of fused-ring (bicyclic) bond motifs is 6. The number of hydrogen-bond donors (Lipinski definition) is 0. The van der Waals surface area contributed by atoms with Crippen LogP contribution in [0.15, 0.2) is 60.7 Å². The van der Waals surface area contributed by atoms with Gasteiger partial charge in [0.2, 0.25) is 0 Å². The zero-order chi connectivity index (χ0) is 12.4. The molecule has 1 aliphatic carbocycles. The molecule has 0 heteroatoms. The highest BCUT2D eigenvalue weighted by Crippen LogP contribution is 2.40. The number of hydrogen-bond acceptors (Lipinski definition) is 0. The zero-order valence-corrected chi connectivity index (χ0v) is 10.5. The molecule has 0 saturated carbocycles. The quantitative estimate of drug-likeness (QED) is 0.332. The van der Waals surface area contributed by atoms with Crippen molar-refractivity contribution in [2.24, 2.45) is 0 Å². The van der Waals surface area contributed by atoms with Crippen LogP contribution in [0.3, 0.4) is 0 Å². The molecule has 88 valence electrons. The molecule has 0 unspecified atom stereocenters. The molecule has 5 rings (SSSR count). The van der Waals surface area contributed by atoms with Crippen molar-refractivity contribution in [3.05, 3.63) is 71.8 Å². The monoisotopic (exact) mass is 240 g/mol. The second kappa shape index (κ2) is 3.16. The van der Waals surface area contributed by atoms with E-state index in [-0.39, 0.29) is 0 Å². The van der Waals surface area contributed by atoms with Gasteiger partial charge in [-0.2, -0.15) is 0 Å². The van der Waals surface area contributed by atoms with Crippen molar-refractivity contribution in [2.45, 2.75) is 6.42 Å². The third kappa shape index (κ3) is 1.09. The summed E-state index contributed by atoms with van der Waals surface area (Å²) in [7, 11) is 0. The molecule has 0 fully saturated rings. The Bertz CT molecular complexity index is 976. The predicted molar refractivity (Wildman–Crippen MR) is 81.8 cm³/mol. The highest BCUT2D eigenvalue weighted by atomic mass is 14.2. The summed E-state index contributed by atoms with van der Waals surface area (Å²) in [6, 6.07) is 22.3. The maximum absolute atomic E-state index is 2.39. The molecular weight excluding hydrogens is 228 g/mol. The molecule has 0 radical (unpaired) electrons. The van der Waals surface area contributed by atoms with E-state index in [1.807, 2.05) is 0 Å². The van der Waals surface area contributed by atoms with Crippen LogP contribution in [0.1, 0.15) is 11.1 Å². The van der Waals surface area contributed by atoms with Crippen LogP contribution in [0, 0.1) is 0 Å². The zero-order valence-electron chi connectivity index (χ0n) is 10.5. The van der Waals surface area contributed by atoms with E-state index in [1.54, 1.807) is 0 Å². The van der Waals surface area contributed by atoms with Crippen LogP contribution >= 0.6 is 0 Å². The minimum absolute atomic E-state index is 1.09. The van der Waals surface area contributed by atoms with Crippen LogP contribution in [0.2, 0.25) is 0 Å². The average Bonchev–Trinajstić information content (AvgIpc) is 2.88. The van der Waals surface area contributed by atoms with Crippen LogP contribution in [-0.4, -0.2) is 0 Å². The van der Waals surface area contributed by atoms with Crippen molar-refractivity contribution < 1.29 is 0 Å². The molecule has 4 aromatic carbocycles. The van der Waals surface area contributed by atoms with Crippen molar-refractivity contribution >= 4 is 32.3 Å². The van der Waals surface area contributed by atoms with Gasteiger partial charge >= 0.3 is 0 Å². The van der Waals surface area contributed by atoms with E-state index < -0.39 is 0 Å². The van der Waals surface area contributed by atoms with E-state index in [4.69, 9.17) is 0 Å². The summed E-state index contributed by atoms with van der Waals surface area (Å²) in [6.45, 7) is 0. The molecule has 0 heterocycles. The lowest BCUT2D eigenvalue weighted by molar-refractivity contribution is 1.29. The van der Waals surface area contributed by atoms with E-state index in [1.165, 1.54) is 43.4 Å². The molecule has 0 saturated heterocycles. The molecular formula is C19H12. The predicted octanol–water partition coefficient (Wildman–Crippen LogP) is 5.05. The van der Waals surface area contributed by atoms with Gasteiger partial charge < -0.3 is 0 Å². The second-order valence-corrected chi connectivity index (χ2v) is 5.43. The SMILES string of the molecule is c1ccc2c(c1)ccc1c3cccc4c3cc(c21)C4. The number of benzene rings is 4. The molecule has 0 atom stereocenters. The van der Waals surface area contributed by atoms with E-state index >= 15 is 0 Å². The lowest BCUT2D eigenvalue weighted by Crippen LogP contribution is -1.82. The maximum Gasteiger partial charge on any atom is -0.00130 e. The topological polar surface area (TPSA) is 0 Å². The first-order valence-corrected chi connectivity index (χ1v) is 6.77. The Kier molecular flexibility index (Phi) is 1.59. The van der Waals surface area contributed by atoms with Crippen molar-refractivity contribution in [3.63, 3.8) is 0 Å². The third-order valence-corrected chi connectivity index (χ3v) is 4.44. The van der Waals surface area contributed by atoms with Gasteiger partial charge in [-0.3, -0.25) is 0 Å². The molecule has 0 N–H and O–H groups in total. The van der Waals surface area contributed by atoms with E-state index in [0.29, 0.717) is 0 Å². The summed E-state index contributed by atoms with van der Waals surface area (Å²) in [5, 5.41) is 8.43. The van der Waals surface area contributed by atoms with Gasteiger partial charge in [0, 0.05) is 0 Å². The Hall–Kier alpha value is -2.34. The highest BCUT2D eigenvalue weighted by Gasteiger charge is 2.17. The smallest absolute Gasteiger partial charge is 0.00130 e. The molecule has 1 aliphatic rings. The van der Waals surface area contributed by atoms with E-state index in [2.05, 4.69) is 60.7 Å². The minimum atomic E-state index is 1.09. The average molecular weight is 240 g/mol. The molecule has 0 amide bonds. The largest absolute Gasteiger partial charge is 0.0616 e. The second-order valence-electron chi connectivity index (χ2n) is 5.43. The summed E-state index contributed by atoms with van der Waals surface area (Å²) >= 11 is 0. The molecule has 19 heavy (non-hydrogen) atoms. The maximum atomic E-state index is 2.39. The first-order valence-electron chi connectivity index (χ1n) is 6.77. The van der Waals surface area contributed by atoms with Gasteiger partial charge in [0.1, 0.15) is 0 Å². The fourth-order valence-corrected chi connectivity index (χ4v) is 3.61. The van der Waals surface area contributed by atoms with E-state index in [0.717, 1.165) is 6.42 Å². The Balaban J connectivity index is 2.16. The van der Waals surface area contributed by atoms with Crippen molar-refractivity contribution in [3.8, 4) is 0 Å². The van der Waals surface area contributed by atoms with Crippen LogP contribution in [0.5, 0.6) is 0 Å². The standard InChI is InChI=1S/C19H12/c1-2-6-15-12(4-1)8-9-17-16-7-3-5-13-10-14(19(15)17)11-18(13)16/h1-9,11H,10H2. The van der Waals surface area contributed by atoms with Crippen molar-refractivity contribution in [2.75, 3.05) is 0 Å². The van der Waals surface area contributed by atoms with Gasteiger partial charge in [0.15, 0.2) is 0 Å². The third-order valence-electron chi connectivity index (χ3n) is 4.44. The van der Waals surface area contributed by atoms with Gasteiger partial charge in [-0.1, -0.05) is 54.6 Å². The minimum Gasteiger partial charge on any atom is -0.0616 e. The summed E-state index contributed by atoms with van der Waals surface area (Å²) in [5.41, 5.74) is 2.97. The molecule has 4 aromatic rings. The summed E-state index contributed by atoms with van der Waals surface area (Å²) in [5.74, 6) is 0. The summed E-state index contributed by atoms with van der Waals surface area (Å²) in [4.78, 5) is 0. The molecule has 0 aromatic heterocycles. The molecule has 2 bridgehead atoms. The summed E-state index contributed by atoms with van der Waals surface area (Å²) < 4.78 is 0. The first-order chi connectivity index (χ1) is 9.42. The Labute approximate surface area is 111 Å². The molecule has 0 aliphatic heterocycles. The van der Waals surface area contributed by atoms with Crippen LogP contribution in [0.4, 0.5) is 0 Å².